The number of H-pyrrole nitrogens is 1. The maximum Gasteiger partial charge on any atom is 0.255 e. The lowest BCUT2D eigenvalue weighted by atomic mass is 10.0. The van der Waals surface area contributed by atoms with Crippen molar-refractivity contribution in [2.24, 2.45) is 0 Å². The molecule has 1 amide bonds. The Kier molecular flexibility index (Phi) is 7.65. The molecule has 1 aromatic heterocycles. The minimum atomic E-state index is -0.0918. The average molecular weight is 503 g/mol. The summed E-state index contributed by atoms with van der Waals surface area (Å²) >= 11 is 0. The Morgan fingerprint density at radius 3 is 2.49 bits per heavy atom. The molecule has 0 aliphatic carbocycles. The number of piperazine rings is 1. The molecule has 2 aliphatic rings. The maximum atomic E-state index is 12.9. The first-order valence-electron chi connectivity index (χ1n) is 13.8. The van der Waals surface area contributed by atoms with Crippen molar-refractivity contribution in [3.05, 3.63) is 59.4 Å². The standard InChI is InChI=1S/C30H42N6O/c1-22-6-5-14-35(22)21-28-32-26-12-11-25(20-27(26)33-28)31-29(37)24-9-7-23(8-10-24)13-15-34-16-18-36(19-17-34)30(2,3)4/h7-12,20,22H,5-6,13-19,21H2,1-4H3,(H,31,37)(H,32,33)/t22-/m0/s1. The van der Waals surface area contributed by atoms with E-state index in [-0.39, 0.29) is 11.4 Å². The number of aromatic amines is 1. The Morgan fingerprint density at radius 1 is 1.05 bits per heavy atom. The van der Waals surface area contributed by atoms with Crippen LogP contribution in [0.2, 0.25) is 0 Å². The minimum Gasteiger partial charge on any atom is -0.341 e. The molecule has 2 N–H and O–H groups in total. The fourth-order valence-corrected chi connectivity index (χ4v) is 5.59. The van der Waals surface area contributed by atoms with Crippen molar-refractivity contribution in [2.45, 2.75) is 65.1 Å². The number of amides is 1. The smallest absolute Gasteiger partial charge is 0.255 e. The summed E-state index contributed by atoms with van der Waals surface area (Å²) in [6, 6.07) is 14.5. The van der Waals surface area contributed by atoms with E-state index in [1.54, 1.807) is 0 Å². The molecular weight excluding hydrogens is 460 g/mol. The molecular formula is C30H42N6O. The predicted molar refractivity (Wildman–Crippen MR) is 151 cm³/mol. The fourth-order valence-electron chi connectivity index (χ4n) is 5.59. The number of hydrogen-bond donors (Lipinski definition) is 2. The van der Waals surface area contributed by atoms with Crippen molar-refractivity contribution in [1.29, 1.82) is 0 Å². The minimum absolute atomic E-state index is 0.0918. The molecule has 3 aromatic rings. The van der Waals surface area contributed by atoms with Gasteiger partial charge in [0, 0.05) is 55.6 Å². The lowest BCUT2D eigenvalue weighted by molar-refractivity contribution is 0.0629. The van der Waals surface area contributed by atoms with Crippen molar-refractivity contribution in [2.75, 3.05) is 44.6 Å². The summed E-state index contributed by atoms with van der Waals surface area (Å²) in [6.07, 6.45) is 3.52. The summed E-state index contributed by atoms with van der Waals surface area (Å²) in [7, 11) is 0. The van der Waals surface area contributed by atoms with E-state index in [9.17, 15) is 4.79 Å². The van der Waals surface area contributed by atoms with Gasteiger partial charge in [0.2, 0.25) is 0 Å². The second-order valence-corrected chi connectivity index (χ2v) is 11.8. The van der Waals surface area contributed by atoms with Gasteiger partial charge in [-0.05, 0) is 89.4 Å². The van der Waals surface area contributed by atoms with Crippen LogP contribution in [-0.4, -0.2) is 81.4 Å². The Bertz CT molecular complexity index is 1200. The summed E-state index contributed by atoms with van der Waals surface area (Å²) in [5, 5.41) is 3.04. The molecule has 0 radical (unpaired) electrons. The van der Waals surface area contributed by atoms with Crippen LogP contribution in [-0.2, 0) is 13.0 Å². The van der Waals surface area contributed by atoms with E-state index < -0.39 is 0 Å². The number of nitrogens with zero attached hydrogens (tertiary/aromatic N) is 4. The number of imidazole rings is 1. The summed E-state index contributed by atoms with van der Waals surface area (Å²) in [6.45, 7) is 16.7. The normalized spacial score (nSPS) is 20.1. The monoisotopic (exact) mass is 502 g/mol. The van der Waals surface area contributed by atoms with Crippen LogP contribution in [0, 0.1) is 0 Å². The van der Waals surface area contributed by atoms with Gasteiger partial charge in [0.25, 0.3) is 5.91 Å². The maximum absolute atomic E-state index is 12.9. The first kappa shape index (κ1) is 25.9. The number of carbonyl (C=O) groups is 1. The van der Waals surface area contributed by atoms with Crippen molar-refractivity contribution in [3.8, 4) is 0 Å². The zero-order valence-electron chi connectivity index (χ0n) is 22.9. The number of carbonyl (C=O) groups excluding carboxylic acids is 1. The molecule has 0 spiro atoms. The van der Waals surface area contributed by atoms with Gasteiger partial charge in [-0.15, -0.1) is 0 Å². The van der Waals surface area contributed by atoms with Crippen LogP contribution >= 0.6 is 0 Å². The number of rotatable bonds is 7. The molecule has 2 saturated heterocycles. The number of aromatic nitrogens is 2. The fraction of sp³-hybridized carbons (Fsp3) is 0.533. The van der Waals surface area contributed by atoms with Crippen LogP contribution in [0.3, 0.4) is 0 Å². The van der Waals surface area contributed by atoms with Gasteiger partial charge in [0.05, 0.1) is 17.6 Å². The van der Waals surface area contributed by atoms with Gasteiger partial charge < -0.3 is 15.2 Å². The summed E-state index contributed by atoms with van der Waals surface area (Å²) in [4.78, 5) is 28.7. The van der Waals surface area contributed by atoms with E-state index in [1.165, 1.54) is 18.4 Å². The third-order valence-corrected chi connectivity index (χ3v) is 8.09. The first-order valence-corrected chi connectivity index (χ1v) is 13.8. The molecule has 0 bridgehead atoms. The molecule has 2 aromatic carbocycles. The van der Waals surface area contributed by atoms with Gasteiger partial charge in [-0.1, -0.05) is 12.1 Å². The van der Waals surface area contributed by atoms with Crippen LogP contribution in [0.4, 0.5) is 5.69 Å². The van der Waals surface area contributed by atoms with E-state index in [4.69, 9.17) is 4.98 Å². The Morgan fingerprint density at radius 2 is 1.81 bits per heavy atom. The van der Waals surface area contributed by atoms with Gasteiger partial charge in [0.1, 0.15) is 5.82 Å². The molecule has 7 heteroatoms. The summed E-state index contributed by atoms with van der Waals surface area (Å²) < 4.78 is 0. The van der Waals surface area contributed by atoms with Crippen LogP contribution in [0.15, 0.2) is 42.5 Å². The quantitative estimate of drug-likeness (QED) is 0.488. The van der Waals surface area contributed by atoms with Crippen molar-refractivity contribution >= 4 is 22.6 Å². The van der Waals surface area contributed by atoms with Gasteiger partial charge in [-0.25, -0.2) is 4.98 Å². The average Bonchev–Trinajstić information content (AvgIpc) is 3.47. The van der Waals surface area contributed by atoms with Gasteiger partial charge >= 0.3 is 0 Å². The Balaban J connectivity index is 1.13. The topological polar surface area (TPSA) is 67.5 Å². The number of fused-ring (bicyclic) bond motifs is 1. The third kappa shape index (κ3) is 6.40. The highest BCUT2D eigenvalue weighted by molar-refractivity contribution is 6.05. The number of benzene rings is 2. The molecule has 5 rings (SSSR count). The molecule has 2 fully saturated rings. The van der Waals surface area contributed by atoms with Gasteiger partial charge in [0.15, 0.2) is 0 Å². The number of likely N-dealkylation sites (tertiary alicyclic amines) is 1. The number of hydrogen-bond acceptors (Lipinski definition) is 5. The van der Waals surface area contributed by atoms with Crippen LogP contribution in [0.25, 0.3) is 11.0 Å². The highest BCUT2D eigenvalue weighted by atomic mass is 16.1. The SMILES string of the molecule is C[C@H]1CCCN1Cc1nc2cc(NC(=O)c3ccc(CCN4CCN(C(C)(C)C)CC4)cc3)ccc2[nH]1. The number of anilines is 1. The molecule has 37 heavy (non-hydrogen) atoms. The highest BCUT2D eigenvalue weighted by Gasteiger charge is 2.25. The van der Waals surface area contributed by atoms with Crippen LogP contribution in [0.5, 0.6) is 0 Å². The van der Waals surface area contributed by atoms with E-state index in [1.807, 2.05) is 30.3 Å². The molecule has 3 heterocycles. The van der Waals surface area contributed by atoms with Gasteiger partial charge in [-0.3, -0.25) is 14.6 Å². The largest absolute Gasteiger partial charge is 0.341 e. The lowest BCUT2D eigenvalue weighted by Crippen LogP contribution is -2.53. The first-order chi connectivity index (χ1) is 17.7. The van der Waals surface area contributed by atoms with E-state index in [0.717, 1.165) is 74.8 Å². The summed E-state index contributed by atoms with van der Waals surface area (Å²) in [5.41, 5.74) is 4.86. The van der Waals surface area contributed by atoms with Crippen LogP contribution < -0.4 is 5.32 Å². The van der Waals surface area contributed by atoms with E-state index >= 15 is 0 Å². The molecule has 7 nitrogen and oxygen atoms in total. The molecule has 0 saturated carbocycles. The third-order valence-electron chi connectivity index (χ3n) is 8.09. The van der Waals surface area contributed by atoms with Gasteiger partial charge in [-0.2, -0.15) is 0 Å². The summed E-state index contributed by atoms with van der Waals surface area (Å²) in [5.74, 6) is 0.893. The second kappa shape index (κ2) is 10.9. The van der Waals surface area contributed by atoms with Crippen molar-refractivity contribution in [1.82, 2.24) is 24.7 Å². The van der Waals surface area contributed by atoms with Crippen molar-refractivity contribution < 1.29 is 4.79 Å². The molecule has 2 aliphatic heterocycles. The van der Waals surface area contributed by atoms with E-state index in [2.05, 4.69) is 64.8 Å². The molecule has 198 valence electrons. The van der Waals surface area contributed by atoms with E-state index in [0.29, 0.717) is 11.6 Å². The zero-order chi connectivity index (χ0) is 26.0. The predicted octanol–water partition coefficient (Wildman–Crippen LogP) is 4.76. The van der Waals surface area contributed by atoms with Crippen molar-refractivity contribution in [3.63, 3.8) is 0 Å². The highest BCUT2D eigenvalue weighted by Crippen LogP contribution is 2.22. The number of nitrogens with one attached hydrogen (secondary N) is 2. The second-order valence-electron chi connectivity index (χ2n) is 11.8. The molecule has 1 atom stereocenters. The zero-order valence-corrected chi connectivity index (χ0v) is 22.9. The van der Waals surface area contributed by atoms with Crippen LogP contribution in [0.1, 0.15) is 62.3 Å². The lowest BCUT2D eigenvalue weighted by Gasteiger charge is -2.42. The Hall–Kier alpha value is -2.74. The molecule has 0 unspecified atom stereocenters. The Labute approximate surface area is 221 Å².